The molecule has 0 saturated heterocycles. The highest BCUT2D eigenvalue weighted by molar-refractivity contribution is 6.09. The largest absolute Gasteiger partial charge is 0.341 e. The van der Waals surface area contributed by atoms with Crippen LogP contribution < -0.4 is 0 Å². The number of fused-ring (bicyclic) bond motifs is 3. The Balaban J connectivity index is 2.64. The normalized spacial score (nSPS) is 11.4. The van der Waals surface area contributed by atoms with Gasteiger partial charge in [-0.3, -0.25) is 0 Å². The quantitative estimate of drug-likeness (QED) is 0.568. The van der Waals surface area contributed by atoms with Gasteiger partial charge in [-0.05, 0) is 31.5 Å². The lowest BCUT2D eigenvalue weighted by atomic mass is 10.1. The standard InChI is InChI=1S/C15H15N/c1-3-16-13-9-5-4-8-12(13)15-11(2)7-6-10-14(15)16/h4-10H,3H2,1-2H3. The highest BCUT2D eigenvalue weighted by atomic mass is 15.0. The van der Waals surface area contributed by atoms with Crippen molar-refractivity contribution in [3.05, 3.63) is 48.0 Å². The van der Waals surface area contributed by atoms with Crippen molar-refractivity contribution in [3.8, 4) is 0 Å². The van der Waals surface area contributed by atoms with Crippen LogP contribution in [0.5, 0.6) is 0 Å². The summed E-state index contributed by atoms with van der Waals surface area (Å²) < 4.78 is 2.39. The summed E-state index contributed by atoms with van der Waals surface area (Å²) in [4.78, 5) is 0. The van der Waals surface area contributed by atoms with Gasteiger partial charge in [0.1, 0.15) is 0 Å². The number of nitrogens with zero attached hydrogens (tertiary/aromatic N) is 1. The number of hydrogen-bond acceptors (Lipinski definition) is 0. The van der Waals surface area contributed by atoms with E-state index < -0.39 is 0 Å². The van der Waals surface area contributed by atoms with Crippen molar-refractivity contribution in [2.75, 3.05) is 0 Å². The van der Waals surface area contributed by atoms with E-state index >= 15 is 0 Å². The van der Waals surface area contributed by atoms with Crippen LogP contribution in [-0.4, -0.2) is 4.57 Å². The van der Waals surface area contributed by atoms with E-state index in [2.05, 4.69) is 60.9 Å². The molecule has 1 nitrogen and oxygen atoms in total. The second kappa shape index (κ2) is 3.38. The molecule has 0 amide bonds. The first-order chi connectivity index (χ1) is 7.83. The molecule has 0 atom stereocenters. The Kier molecular flexibility index (Phi) is 2.00. The number of benzene rings is 2. The van der Waals surface area contributed by atoms with Gasteiger partial charge in [-0.25, -0.2) is 0 Å². The lowest BCUT2D eigenvalue weighted by molar-refractivity contribution is 0.827. The van der Waals surface area contributed by atoms with Gasteiger partial charge in [0.05, 0.1) is 0 Å². The molecule has 3 rings (SSSR count). The molecule has 0 saturated carbocycles. The second-order valence-corrected chi connectivity index (χ2v) is 4.23. The first-order valence-electron chi connectivity index (χ1n) is 5.79. The average molecular weight is 209 g/mol. The molecule has 0 N–H and O–H groups in total. The van der Waals surface area contributed by atoms with E-state index in [4.69, 9.17) is 0 Å². The van der Waals surface area contributed by atoms with Gasteiger partial charge in [-0.2, -0.15) is 0 Å². The summed E-state index contributed by atoms with van der Waals surface area (Å²) in [5.41, 5.74) is 4.05. The minimum Gasteiger partial charge on any atom is -0.341 e. The zero-order valence-electron chi connectivity index (χ0n) is 9.70. The van der Waals surface area contributed by atoms with Crippen molar-refractivity contribution >= 4 is 21.8 Å². The molecule has 1 heterocycles. The average Bonchev–Trinajstić information content (AvgIpc) is 2.64. The van der Waals surface area contributed by atoms with Gasteiger partial charge < -0.3 is 4.57 Å². The molecule has 0 aliphatic carbocycles. The van der Waals surface area contributed by atoms with Gasteiger partial charge in [0.25, 0.3) is 0 Å². The molecule has 0 aliphatic rings. The Bertz CT molecular complexity index is 662. The minimum atomic E-state index is 1.02. The van der Waals surface area contributed by atoms with Crippen molar-refractivity contribution < 1.29 is 0 Å². The maximum Gasteiger partial charge on any atom is 0.0493 e. The summed E-state index contributed by atoms with van der Waals surface area (Å²) in [6.07, 6.45) is 0. The fourth-order valence-electron chi connectivity index (χ4n) is 2.62. The van der Waals surface area contributed by atoms with E-state index in [1.807, 2.05) is 0 Å². The van der Waals surface area contributed by atoms with Crippen molar-refractivity contribution in [2.24, 2.45) is 0 Å². The van der Waals surface area contributed by atoms with Crippen molar-refractivity contribution in [2.45, 2.75) is 20.4 Å². The van der Waals surface area contributed by atoms with Crippen LogP contribution >= 0.6 is 0 Å². The number of aromatic nitrogens is 1. The fraction of sp³-hybridized carbons (Fsp3) is 0.200. The predicted octanol–water partition coefficient (Wildman–Crippen LogP) is 4.12. The van der Waals surface area contributed by atoms with Gasteiger partial charge >= 0.3 is 0 Å². The predicted molar refractivity (Wildman–Crippen MR) is 69.9 cm³/mol. The molecule has 0 aliphatic heterocycles. The first kappa shape index (κ1) is 9.46. The number of aryl methyl sites for hydroxylation is 2. The highest BCUT2D eigenvalue weighted by Gasteiger charge is 2.09. The molecule has 0 spiro atoms. The van der Waals surface area contributed by atoms with Gasteiger partial charge in [0.15, 0.2) is 0 Å². The molecule has 0 unspecified atom stereocenters. The van der Waals surface area contributed by atoms with Crippen molar-refractivity contribution in [3.63, 3.8) is 0 Å². The Hall–Kier alpha value is -1.76. The summed E-state index contributed by atoms with van der Waals surface area (Å²) in [6.45, 7) is 5.41. The molecule has 16 heavy (non-hydrogen) atoms. The Morgan fingerprint density at radius 3 is 2.50 bits per heavy atom. The first-order valence-corrected chi connectivity index (χ1v) is 5.79. The van der Waals surface area contributed by atoms with Crippen molar-refractivity contribution in [1.82, 2.24) is 4.57 Å². The third kappa shape index (κ3) is 1.12. The molecule has 1 heteroatoms. The van der Waals surface area contributed by atoms with E-state index in [-0.39, 0.29) is 0 Å². The van der Waals surface area contributed by atoms with Crippen molar-refractivity contribution in [1.29, 1.82) is 0 Å². The smallest absolute Gasteiger partial charge is 0.0493 e. The van der Waals surface area contributed by atoms with Crippen LogP contribution in [0.3, 0.4) is 0 Å². The molecule has 0 radical (unpaired) electrons. The lowest BCUT2D eigenvalue weighted by Crippen LogP contribution is -1.92. The molecular formula is C15H15N. The molecular weight excluding hydrogens is 194 g/mol. The summed E-state index contributed by atoms with van der Waals surface area (Å²) in [6, 6.07) is 15.2. The summed E-state index contributed by atoms with van der Waals surface area (Å²) in [5, 5.41) is 2.78. The topological polar surface area (TPSA) is 4.93 Å². The lowest BCUT2D eigenvalue weighted by Gasteiger charge is -2.02. The monoisotopic (exact) mass is 209 g/mol. The maximum atomic E-state index is 2.39. The van der Waals surface area contributed by atoms with E-state index in [9.17, 15) is 0 Å². The second-order valence-electron chi connectivity index (χ2n) is 4.23. The van der Waals surface area contributed by atoms with Crippen LogP contribution in [-0.2, 0) is 6.54 Å². The third-order valence-corrected chi connectivity index (χ3v) is 3.32. The fourth-order valence-corrected chi connectivity index (χ4v) is 2.62. The minimum absolute atomic E-state index is 1.02. The van der Waals surface area contributed by atoms with E-state index in [1.54, 1.807) is 0 Å². The maximum absolute atomic E-state index is 2.39. The Morgan fingerprint density at radius 2 is 1.69 bits per heavy atom. The number of para-hydroxylation sites is 1. The van der Waals surface area contributed by atoms with Gasteiger partial charge in [-0.15, -0.1) is 0 Å². The van der Waals surface area contributed by atoms with Gasteiger partial charge in [-0.1, -0.05) is 30.3 Å². The van der Waals surface area contributed by atoms with E-state index in [0.717, 1.165) is 6.54 Å². The zero-order chi connectivity index (χ0) is 11.1. The molecule has 3 aromatic rings. The van der Waals surface area contributed by atoms with Crippen LogP contribution in [0.1, 0.15) is 12.5 Å². The summed E-state index contributed by atoms with van der Waals surface area (Å²) in [7, 11) is 0. The number of rotatable bonds is 1. The highest BCUT2D eigenvalue weighted by Crippen LogP contribution is 2.30. The SMILES string of the molecule is CCn1c2ccccc2c2c(C)cccc21. The van der Waals surface area contributed by atoms with Crippen LogP contribution in [0.2, 0.25) is 0 Å². The Labute approximate surface area is 95.3 Å². The van der Waals surface area contributed by atoms with Crippen LogP contribution in [0.15, 0.2) is 42.5 Å². The molecule has 0 fully saturated rings. The van der Waals surface area contributed by atoms with Crippen LogP contribution in [0, 0.1) is 6.92 Å². The summed E-state index contributed by atoms with van der Waals surface area (Å²) >= 11 is 0. The molecule has 80 valence electrons. The molecule has 0 bridgehead atoms. The van der Waals surface area contributed by atoms with E-state index in [1.165, 1.54) is 27.4 Å². The third-order valence-electron chi connectivity index (χ3n) is 3.32. The van der Waals surface area contributed by atoms with Crippen LogP contribution in [0.4, 0.5) is 0 Å². The summed E-state index contributed by atoms with van der Waals surface area (Å²) in [5.74, 6) is 0. The van der Waals surface area contributed by atoms with E-state index in [0.29, 0.717) is 0 Å². The Morgan fingerprint density at radius 1 is 0.938 bits per heavy atom. The van der Waals surface area contributed by atoms with Gasteiger partial charge in [0.2, 0.25) is 0 Å². The number of hydrogen-bond donors (Lipinski definition) is 0. The zero-order valence-corrected chi connectivity index (χ0v) is 9.70. The van der Waals surface area contributed by atoms with Crippen LogP contribution in [0.25, 0.3) is 21.8 Å². The molecule has 2 aromatic carbocycles. The molecule has 1 aromatic heterocycles. The van der Waals surface area contributed by atoms with Gasteiger partial charge in [0, 0.05) is 28.4 Å².